The van der Waals surface area contributed by atoms with E-state index in [1.807, 2.05) is 6.92 Å². The standard InChI is InChI=1S/C16H15FN4O/c1-2-8-18-16(22)12-7-9-21-14(10-12)19-20-15(21)11-3-5-13(17)6-4-11/h3-7,9-10H,2,8H2,1H3,(H,18,22). The minimum atomic E-state index is -0.299. The second-order valence-electron chi connectivity index (χ2n) is 4.93. The average molecular weight is 298 g/mol. The number of pyridine rings is 1. The van der Waals surface area contributed by atoms with E-state index in [9.17, 15) is 9.18 Å². The van der Waals surface area contributed by atoms with Crippen LogP contribution in [0, 0.1) is 5.82 Å². The Morgan fingerprint density at radius 1 is 1.23 bits per heavy atom. The molecule has 0 saturated carbocycles. The molecule has 0 fully saturated rings. The van der Waals surface area contributed by atoms with Crippen LogP contribution in [-0.4, -0.2) is 27.0 Å². The predicted molar refractivity (Wildman–Crippen MR) is 81.0 cm³/mol. The van der Waals surface area contributed by atoms with Crippen LogP contribution in [0.25, 0.3) is 17.0 Å². The van der Waals surface area contributed by atoms with E-state index in [1.54, 1.807) is 34.9 Å². The average Bonchev–Trinajstić information content (AvgIpc) is 2.96. The first-order valence-corrected chi connectivity index (χ1v) is 7.08. The highest BCUT2D eigenvalue weighted by Gasteiger charge is 2.11. The van der Waals surface area contributed by atoms with E-state index >= 15 is 0 Å². The van der Waals surface area contributed by atoms with Gasteiger partial charge in [0.25, 0.3) is 5.91 Å². The lowest BCUT2D eigenvalue weighted by molar-refractivity contribution is 0.0953. The van der Waals surface area contributed by atoms with E-state index in [-0.39, 0.29) is 11.7 Å². The van der Waals surface area contributed by atoms with Crippen molar-refractivity contribution < 1.29 is 9.18 Å². The molecule has 2 aromatic heterocycles. The van der Waals surface area contributed by atoms with Gasteiger partial charge < -0.3 is 5.32 Å². The number of hydrogen-bond acceptors (Lipinski definition) is 3. The van der Waals surface area contributed by atoms with Crippen molar-refractivity contribution in [3.05, 3.63) is 54.0 Å². The van der Waals surface area contributed by atoms with Crippen LogP contribution in [0.2, 0.25) is 0 Å². The van der Waals surface area contributed by atoms with Gasteiger partial charge in [-0.15, -0.1) is 10.2 Å². The quantitative estimate of drug-likeness (QED) is 0.805. The zero-order valence-electron chi connectivity index (χ0n) is 12.1. The Morgan fingerprint density at radius 3 is 2.73 bits per heavy atom. The molecule has 0 aliphatic carbocycles. The Kier molecular flexibility index (Phi) is 3.82. The number of rotatable bonds is 4. The Hall–Kier alpha value is -2.76. The molecule has 1 aromatic carbocycles. The molecule has 1 amide bonds. The number of aromatic nitrogens is 3. The number of nitrogens with zero attached hydrogens (tertiary/aromatic N) is 3. The van der Waals surface area contributed by atoms with E-state index in [4.69, 9.17) is 0 Å². The Morgan fingerprint density at radius 2 is 2.00 bits per heavy atom. The molecule has 6 heteroatoms. The molecule has 1 N–H and O–H groups in total. The zero-order chi connectivity index (χ0) is 15.5. The monoisotopic (exact) mass is 298 g/mol. The van der Waals surface area contributed by atoms with Crippen molar-refractivity contribution in [2.75, 3.05) is 6.54 Å². The molecule has 0 atom stereocenters. The summed E-state index contributed by atoms with van der Waals surface area (Å²) in [5, 5.41) is 11.0. The Labute approximate surface area is 126 Å². The van der Waals surface area contributed by atoms with E-state index in [1.165, 1.54) is 12.1 Å². The fraction of sp³-hybridized carbons (Fsp3) is 0.188. The molecule has 0 saturated heterocycles. The normalized spacial score (nSPS) is 10.8. The minimum absolute atomic E-state index is 0.129. The van der Waals surface area contributed by atoms with Crippen molar-refractivity contribution in [2.45, 2.75) is 13.3 Å². The first-order valence-electron chi connectivity index (χ1n) is 7.08. The topological polar surface area (TPSA) is 59.3 Å². The molecular weight excluding hydrogens is 283 g/mol. The largest absolute Gasteiger partial charge is 0.352 e. The van der Waals surface area contributed by atoms with E-state index in [0.717, 1.165) is 12.0 Å². The van der Waals surface area contributed by atoms with Crippen LogP contribution in [0.15, 0.2) is 42.6 Å². The molecule has 3 aromatic rings. The number of amides is 1. The van der Waals surface area contributed by atoms with Crippen LogP contribution in [0.4, 0.5) is 4.39 Å². The van der Waals surface area contributed by atoms with Crippen molar-refractivity contribution in [1.82, 2.24) is 19.9 Å². The lowest BCUT2D eigenvalue weighted by Gasteiger charge is -2.04. The molecule has 0 radical (unpaired) electrons. The van der Waals surface area contributed by atoms with Crippen LogP contribution >= 0.6 is 0 Å². The molecule has 22 heavy (non-hydrogen) atoms. The third kappa shape index (κ3) is 2.67. The van der Waals surface area contributed by atoms with Gasteiger partial charge in [-0.05, 0) is 42.8 Å². The zero-order valence-corrected chi connectivity index (χ0v) is 12.1. The number of carbonyl (C=O) groups excluding carboxylic acids is 1. The van der Waals surface area contributed by atoms with E-state index in [0.29, 0.717) is 23.6 Å². The van der Waals surface area contributed by atoms with Crippen molar-refractivity contribution in [3.63, 3.8) is 0 Å². The number of hydrogen-bond donors (Lipinski definition) is 1. The third-order valence-corrected chi connectivity index (χ3v) is 3.31. The second-order valence-corrected chi connectivity index (χ2v) is 4.93. The van der Waals surface area contributed by atoms with Gasteiger partial charge in [-0.25, -0.2) is 4.39 Å². The summed E-state index contributed by atoms with van der Waals surface area (Å²) in [7, 11) is 0. The molecular formula is C16H15FN4O. The lowest BCUT2D eigenvalue weighted by atomic mass is 10.2. The molecule has 0 spiro atoms. The maximum Gasteiger partial charge on any atom is 0.251 e. The molecule has 0 unspecified atom stereocenters. The van der Waals surface area contributed by atoms with Crippen molar-refractivity contribution in [3.8, 4) is 11.4 Å². The maximum atomic E-state index is 13.0. The lowest BCUT2D eigenvalue weighted by Crippen LogP contribution is -2.24. The highest BCUT2D eigenvalue weighted by molar-refractivity contribution is 5.95. The van der Waals surface area contributed by atoms with Crippen LogP contribution in [-0.2, 0) is 0 Å². The maximum absolute atomic E-state index is 13.0. The Balaban J connectivity index is 1.96. The summed E-state index contributed by atoms with van der Waals surface area (Å²) in [5.74, 6) is 0.179. The molecule has 0 bridgehead atoms. The fourth-order valence-corrected chi connectivity index (χ4v) is 2.17. The fourth-order valence-electron chi connectivity index (χ4n) is 2.17. The SMILES string of the molecule is CCCNC(=O)c1ccn2c(-c3ccc(F)cc3)nnc2c1. The molecule has 0 aliphatic heterocycles. The van der Waals surface area contributed by atoms with Gasteiger partial charge in [0.15, 0.2) is 11.5 Å². The molecule has 5 nitrogen and oxygen atoms in total. The molecule has 2 heterocycles. The summed E-state index contributed by atoms with van der Waals surface area (Å²) in [6.45, 7) is 2.63. The summed E-state index contributed by atoms with van der Waals surface area (Å²) >= 11 is 0. The van der Waals surface area contributed by atoms with Gasteiger partial charge in [0.2, 0.25) is 0 Å². The van der Waals surface area contributed by atoms with Crippen LogP contribution < -0.4 is 5.32 Å². The summed E-state index contributed by atoms with van der Waals surface area (Å²) < 4.78 is 14.8. The van der Waals surface area contributed by atoms with E-state index < -0.39 is 0 Å². The summed E-state index contributed by atoms with van der Waals surface area (Å²) in [5.41, 5.74) is 1.87. The van der Waals surface area contributed by atoms with E-state index in [2.05, 4.69) is 15.5 Å². The number of fused-ring (bicyclic) bond motifs is 1. The van der Waals surface area contributed by atoms with Gasteiger partial charge in [-0.3, -0.25) is 9.20 Å². The molecule has 0 aliphatic rings. The smallest absolute Gasteiger partial charge is 0.251 e. The number of benzene rings is 1. The summed E-state index contributed by atoms with van der Waals surface area (Å²) in [6, 6.07) is 9.45. The highest BCUT2D eigenvalue weighted by atomic mass is 19.1. The van der Waals surface area contributed by atoms with Gasteiger partial charge >= 0.3 is 0 Å². The third-order valence-electron chi connectivity index (χ3n) is 3.31. The summed E-state index contributed by atoms with van der Waals surface area (Å²) in [6.07, 6.45) is 2.63. The van der Waals surface area contributed by atoms with Crippen molar-refractivity contribution >= 4 is 11.6 Å². The van der Waals surface area contributed by atoms with Crippen LogP contribution in [0.3, 0.4) is 0 Å². The van der Waals surface area contributed by atoms with Gasteiger partial charge in [0.1, 0.15) is 5.82 Å². The van der Waals surface area contributed by atoms with Crippen LogP contribution in [0.1, 0.15) is 23.7 Å². The summed E-state index contributed by atoms with van der Waals surface area (Å²) in [4.78, 5) is 12.0. The van der Waals surface area contributed by atoms with Crippen LogP contribution in [0.5, 0.6) is 0 Å². The molecule has 112 valence electrons. The van der Waals surface area contributed by atoms with Crippen molar-refractivity contribution in [2.24, 2.45) is 0 Å². The first kappa shape index (κ1) is 14.2. The molecule has 3 rings (SSSR count). The number of nitrogens with one attached hydrogen (secondary N) is 1. The van der Waals surface area contributed by atoms with Gasteiger partial charge in [-0.1, -0.05) is 6.92 Å². The van der Waals surface area contributed by atoms with Crippen molar-refractivity contribution in [1.29, 1.82) is 0 Å². The number of carbonyl (C=O) groups is 1. The highest BCUT2D eigenvalue weighted by Crippen LogP contribution is 2.19. The Bertz CT molecular complexity index is 811. The second kappa shape index (κ2) is 5.93. The van der Waals surface area contributed by atoms with Gasteiger partial charge in [-0.2, -0.15) is 0 Å². The van der Waals surface area contributed by atoms with Gasteiger partial charge in [0.05, 0.1) is 0 Å². The van der Waals surface area contributed by atoms with Gasteiger partial charge in [0, 0.05) is 23.9 Å². The predicted octanol–water partition coefficient (Wildman–Crippen LogP) is 2.68. The number of halogens is 1. The minimum Gasteiger partial charge on any atom is -0.352 e. The first-order chi connectivity index (χ1) is 10.7.